The standard InChI is InChI=1S/C48H91NO6/c1-35(2)27-29-44(37(5)6)39(9)53-46(50)25-21-17-13-15-19-23-43(55-48(52)33-41-31-42(32-41)34-49(11)12)24-20-16-14-18-22-26-47(51)54-40(10)45(38(7)8)30-28-36(3)4/h35-45H,13-34H2,1-12H3. The second kappa shape index (κ2) is 29.6. The van der Waals surface area contributed by atoms with E-state index in [0.717, 1.165) is 109 Å². The first-order valence-electron chi connectivity index (χ1n) is 23.2. The van der Waals surface area contributed by atoms with E-state index in [9.17, 15) is 14.4 Å². The Morgan fingerprint density at radius 2 is 0.891 bits per heavy atom. The summed E-state index contributed by atoms with van der Waals surface area (Å²) in [6.07, 6.45) is 20.3. The highest BCUT2D eigenvalue weighted by molar-refractivity contribution is 5.70. The van der Waals surface area contributed by atoms with Gasteiger partial charge in [0.05, 0.1) is 0 Å². The molecular weight excluding hydrogens is 687 g/mol. The molecule has 0 aromatic carbocycles. The molecule has 0 bridgehead atoms. The SMILES string of the molecule is CC(C)CCC(C(C)C)C(C)OC(=O)CCCCCCCC(CCCCCCCC(=O)OC(C)C(CCC(C)C)C(C)C)OC(=O)CC1CC(CN(C)C)C1. The normalized spacial score (nSPS) is 18.7. The minimum absolute atomic E-state index is 0.0210. The predicted octanol–water partition coefficient (Wildman–Crippen LogP) is 12.6. The Kier molecular flexibility index (Phi) is 27.6. The number of ether oxygens (including phenoxy) is 3. The molecule has 0 spiro atoms. The van der Waals surface area contributed by atoms with Gasteiger partial charge in [0.15, 0.2) is 0 Å². The van der Waals surface area contributed by atoms with Crippen LogP contribution in [0.2, 0.25) is 0 Å². The van der Waals surface area contributed by atoms with Crippen LogP contribution in [0.25, 0.3) is 0 Å². The van der Waals surface area contributed by atoms with Crippen LogP contribution in [0.1, 0.15) is 204 Å². The first-order valence-corrected chi connectivity index (χ1v) is 23.2. The van der Waals surface area contributed by atoms with Crippen LogP contribution in [0.4, 0.5) is 0 Å². The van der Waals surface area contributed by atoms with Crippen LogP contribution in [0.15, 0.2) is 0 Å². The second-order valence-electron chi connectivity index (χ2n) is 19.5. The molecule has 7 nitrogen and oxygen atoms in total. The molecule has 1 aliphatic rings. The molecule has 0 aromatic rings. The lowest BCUT2D eigenvalue weighted by molar-refractivity contribution is -0.153. The Hall–Kier alpha value is -1.63. The Labute approximate surface area is 340 Å². The summed E-state index contributed by atoms with van der Waals surface area (Å²) in [7, 11) is 4.23. The molecule has 0 N–H and O–H groups in total. The van der Waals surface area contributed by atoms with Gasteiger partial charge in [-0.2, -0.15) is 0 Å². The zero-order valence-corrected chi connectivity index (χ0v) is 38.3. The maximum Gasteiger partial charge on any atom is 0.306 e. The van der Waals surface area contributed by atoms with Crippen molar-refractivity contribution in [3.63, 3.8) is 0 Å². The molecule has 7 heteroatoms. The molecule has 324 valence electrons. The fraction of sp³-hybridized carbons (Fsp3) is 0.938. The van der Waals surface area contributed by atoms with Gasteiger partial charge in [-0.05, 0) is 139 Å². The van der Waals surface area contributed by atoms with Gasteiger partial charge in [0.1, 0.15) is 18.3 Å². The zero-order chi connectivity index (χ0) is 41.3. The largest absolute Gasteiger partial charge is 0.462 e. The van der Waals surface area contributed by atoms with Gasteiger partial charge < -0.3 is 19.1 Å². The molecule has 0 radical (unpaired) electrons. The Balaban J connectivity index is 2.42. The number of unbranched alkanes of at least 4 members (excludes halogenated alkanes) is 8. The molecule has 0 saturated heterocycles. The molecule has 55 heavy (non-hydrogen) atoms. The quantitative estimate of drug-likeness (QED) is 0.0373. The van der Waals surface area contributed by atoms with Gasteiger partial charge in [0.25, 0.3) is 0 Å². The minimum Gasteiger partial charge on any atom is -0.462 e. The molecule has 4 unspecified atom stereocenters. The maximum atomic E-state index is 13.0. The topological polar surface area (TPSA) is 82.1 Å². The average molecular weight is 778 g/mol. The van der Waals surface area contributed by atoms with E-state index in [1.54, 1.807) is 0 Å². The highest BCUT2D eigenvalue weighted by Crippen LogP contribution is 2.37. The lowest BCUT2D eigenvalue weighted by atomic mass is 9.73. The number of carbonyl (C=O) groups is 3. The van der Waals surface area contributed by atoms with Crippen molar-refractivity contribution in [2.24, 2.45) is 47.3 Å². The summed E-state index contributed by atoms with van der Waals surface area (Å²) < 4.78 is 17.9. The van der Waals surface area contributed by atoms with Gasteiger partial charge in [0.2, 0.25) is 0 Å². The summed E-state index contributed by atoms with van der Waals surface area (Å²) in [5.41, 5.74) is 0. The van der Waals surface area contributed by atoms with Crippen LogP contribution >= 0.6 is 0 Å². The first kappa shape index (κ1) is 51.4. The summed E-state index contributed by atoms with van der Waals surface area (Å²) in [6, 6.07) is 0. The predicted molar refractivity (Wildman–Crippen MR) is 230 cm³/mol. The molecule has 0 aromatic heterocycles. The fourth-order valence-corrected chi connectivity index (χ4v) is 8.76. The van der Waals surface area contributed by atoms with Crippen LogP contribution in [0.5, 0.6) is 0 Å². The molecule has 4 atom stereocenters. The first-order chi connectivity index (χ1) is 26.0. The van der Waals surface area contributed by atoms with E-state index in [-0.39, 0.29) is 36.2 Å². The van der Waals surface area contributed by atoms with E-state index >= 15 is 0 Å². The highest BCUT2D eigenvalue weighted by Gasteiger charge is 2.32. The van der Waals surface area contributed by atoms with Crippen LogP contribution in [-0.2, 0) is 28.6 Å². The van der Waals surface area contributed by atoms with Crippen molar-refractivity contribution in [2.75, 3.05) is 20.6 Å². The van der Waals surface area contributed by atoms with E-state index in [1.807, 2.05) is 0 Å². The van der Waals surface area contributed by atoms with E-state index in [0.29, 0.717) is 66.6 Å². The Bertz CT molecular complexity index is 944. The molecule has 1 aliphatic carbocycles. The van der Waals surface area contributed by atoms with Gasteiger partial charge in [-0.15, -0.1) is 0 Å². The van der Waals surface area contributed by atoms with E-state index in [4.69, 9.17) is 14.2 Å². The summed E-state index contributed by atoms with van der Waals surface area (Å²) in [4.78, 5) is 40.4. The van der Waals surface area contributed by atoms with Crippen LogP contribution in [-0.4, -0.2) is 61.8 Å². The van der Waals surface area contributed by atoms with Crippen molar-refractivity contribution in [1.82, 2.24) is 4.90 Å². The zero-order valence-electron chi connectivity index (χ0n) is 38.3. The molecule has 1 fully saturated rings. The maximum absolute atomic E-state index is 13.0. The number of hydrogen-bond acceptors (Lipinski definition) is 7. The van der Waals surface area contributed by atoms with Gasteiger partial charge in [-0.1, -0.05) is 107 Å². The van der Waals surface area contributed by atoms with Crippen molar-refractivity contribution < 1.29 is 28.6 Å². The summed E-state index contributed by atoms with van der Waals surface area (Å²) in [5, 5.41) is 0. The smallest absolute Gasteiger partial charge is 0.306 e. The summed E-state index contributed by atoms with van der Waals surface area (Å²) in [6.45, 7) is 23.2. The third-order valence-electron chi connectivity index (χ3n) is 12.2. The third kappa shape index (κ3) is 25.4. The monoisotopic (exact) mass is 778 g/mol. The third-order valence-corrected chi connectivity index (χ3v) is 12.2. The van der Waals surface area contributed by atoms with Gasteiger partial charge in [0, 0.05) is 25.8 Å². The molecule has 0 amide bonds. The van der Waals surface area contributed by atoms with E-state index in [1.165, 1.54) is 12.8 Å². The molecule has 1 rings (SSSR count). The van der Waals surface area contributed by atoms with Crippen LogP contribution < -0.4 is 0 Å². The number of nitrogens with zero attached hydrogens (tertiary/aromatic N) is 1. The molecule has 1 saturated carbocycles. The Morgan fingerprint density at radius 1 is 0.491 bits per heavy atom. The van der Waals surface area contributed by atoms with Gasteiger partial charge in [-0.25, -0.2) is 0 Å². The Morgan fingerprint density at radius 3 is 1.27 bits per heavy atom. The molecule has 0 heterocycles. The molecule has 0 aliphatic heterocycles. The van der Waals surface area contributed by atoms with Crippen molar-refractivity contribution in [2.45, 2.75) is 222 Å². The number of esters is 3. The second-order valence-corrected chi connectivity index (χ2v) is 19.5. The number of rotatable bonds is 33. The highest BCUT2D eigenvalue weighted by atomic mass is 16.6. The van der Waals surface area contributed by atoms with E-state index in [2.05, 4.69) is 88.2 Å². The van der Waals surface area contributed by atoms with Crippen molar-refractivity contribution in [1.29, 1.82) is 0 Å². The summed E-state index contributed by atoms with van der Waals surface area (Å²) in [5.74, 6) is 4.19. The lowest BCUT2D eigenvalue weighted by Crippen LogP contribution is -2.34. The number of carbonyl (C=O) groups excluding carboxylic acids is 3. The van der Waals surface area contributed by atoms with Crippen LogP contribution in [0, 0.1) is 47.3 Å². The van der Waals surface area contributed by atoms with Crippen LogP contribution in [0.3, 0.4) is 0 Å². The fourth-order valence-electron chi connectivity index (χ4n) is 8.76. The minimum atomic E-state index is -0.0593. The van der Waals surface area contributed by atoms with Gasteiger partial charge >= 0.3 is 17.9 Å². The van der Waals surface area contributed by atoms with E-state index < -0.39 is 0 Å². The van der Waals surface area contributed by atoms with Crippen molar-refractivity contribution in [3.8, 4) is 0 Å². The average Bonchev–Trinajstić information content (AvgIpc) is 3.05. The number of hydrogen-bond donors (Lipinski definition) is 0. The van der Waals surface area contributed by atoms with Crippen molar-refractivity contribution in [3.05, 3.63) is 0 Å². The molecular formula is C48H91NO6. The van der Waals surface area contributed by atoms with Crippen molar-refractivity contribution >= 4 is 17.9 Å². The lowest BCUT2D eigenvalue weighted by Gasteiger charge is -2.36. The van der Waals surface area contributed by atoms with Gasteiger partial charge in [-0.3, -0.25) is 14.4 Å². The summed E-state index contributed by atoms with van der Waals surface area (Å²) >= 11 is 0.